The van der Waals surface area contributed by atoms with Crippen molar-refractivity contribution in [2.24, 2.45) is 5.41 Å². The van der Waals surface area contributed by atoms with Crippen LogP contribution in [0.3, 0.4) is 0 Å². The fraction of sp³-hybridized carbons (Fsp3) is 0.231. The van der Waals surface area contributed by atoms with Crippen LogP contribution in [-0.2, 0) is 9.59 Å². The van der Waals surface area contributed by atoms with Crippen LogP contribution in [0, 0.1) is 24.0 Å². The Hall–Kier alpha value is -4.58. The normalized spacial score (nSPS) is 13.7. The number of carbonyl (C=O) groups excluding carboxylic acids is 2. The summed E-state index contributed by atoms with van der Waals surface area (Å²) >= 11 is 0. The van der Waals surface area contributed by atoms with Gasteiger partial charge in [-0.15, -0.1) is 0 Å². The molecule has 2 aromatic carbocycles. The van der Waals surface area contributed by atoms with Crippen molar-refractivity contribution in [1.82, 2.24) is 14.6 Å². The minimum atomic E-state index is -1.28. The zero-order valence-electron chi connectivity index (χ0n) is 20.2. The van der Waals surface area contributed by atoms with Gasteiger partial charge in [-0.3, -0.25) is 9.59 Å². The number of ether oxygens (including phenoxy) is 2. The summed E-state index contributed by atoms with van der Waals surface area (Å²) in [5.41, 5.74) is 0.334. The van der Waals surface area contributed by atoms with Gasteiger partial charge in [0.05, 0.1) is 12.8 Å². The summed E-state index contributed by atoms with van der Waals surface area (Å²) in [7, 11) is 0. The van der Waals surface area contributed by atoms with Crippen LogP contribution < -0.4 is 20.1 Å². The molecular weight excluding hydrogens is 500 g/mol. The summed E-state index contributed by atoms with van der Waals surface area (Å²) < 4.78 is 40.8. The highest BCUT2D eigenvalue weighted by Gasteiger charge is 2.56. The molecule has 0 spiro atoms. The Kier molecular flexibility index (Phi) is 6.64. The number of halogens is 2. The second-order valence-corrected chi connectivity index (χ2v) is 8.79. The predicted octanol–water partition coefficient (Wildman–Crippen LogP) is 3.84. The van der Waals surface area contributed by atoms with Crippen LogP contribution in [0.15, 0.2) is 55.0 Å². The number of aryl methyl sites for hydroxylation is 1. The van der Waals surface area contributed by atoms with Crippen molar-refractivity contribution in [3.63, 3.8) is 0 Å². The van der Waals surface area contributed by atoms with Gasteiger partial charge in [-0.2, -0.15) is 10.1 Å². The van der Waals surface area contributed by atoms with E-state index in [0.717, 1.165) is 6.07 Å². The molecule has 196 valence electrons. The Morgan fingerprint density at radius 1 is 1.05 bits per heavy atom. The first-order valence-corrected chi connectivity index (χ1v) is 11.7. The highest BCUT2D eigenvalue weighted by Crippen LogP contribution is 2.47. The van der Waals surface area contributed by atoms with E-state index in [1.54, 1.807) is 13.1 Å². The molecule has 0 aliphatic heterocycles. The largest absolute Gasteiger partial charge is 0.489 e. The van der Waals surface area contributed by atoms with E-state index in [2.05, 4.69) is 20.7 Å². The minimum absolute atomic E-state index is 0.0847. The van der Waals surface area contributed by atoms with Gasteiger partial charge in [0.25, 0.3) is 0 Å². The van der Waals surface area contributed by atoms with E-state index >= 15 is 0 Å². The molecule has 2 heterocycles. The van der Waals surface area contributed by atoms with E-state index in [-0.39, 0.29) is 30.5 Å². The lowest BCUT2D eigenvalue weighted by Crippen LogP contribution is -2.35. The number of anilines is 2. The molecule has 2 amide bonds. The van der Waals surface area contributed by atoms with Gasteiger partial charge in [-0.1, -0.05) is 0 Å². The number of hydrogen-bond donors (Lipinski definition) is 3. The molecule has 10 nitrogen and oxygen atoms in total. The first-order chi connectivity index (χ1) is 18.3. The number of rotatable bonds is 9. The van der Waals surface area contributed by atoms with Crippen LogP contribution in [0.2, 0.25) is 0 Å². The highest BCUT2D eigenvalue weighted by atomic mass is 19.1. The van der Waals surface area contributed by atoms with Crippen LogP contribution in [0.5, 0.6) is 17.4 Å². The van der Waals surface area contributed by atoms with E-state index in [9.17, 15) is 18.4 Å². The van der Waals surface area contributed by atoms with Gasteiger partial charge in [0.1, 0.15) is 35.4 Å². The molecular formula is C26H23F2N5O5. The van der Waals surface area contributed by atoms with Crippen LogP contribution in [0.4, 0.5) is 20.2 Å². The lowest BCUT2D eigenvalue weighted by atomic mass is 10.0. The van der Waals surface area contributed by atoms with Crippen LogP contribution in [-0.4, -0.2) is 44.7 Å². The molecule has 0 saturated heterocycles. The van der Waals surface area contributed by atoms with Gasteiger partial charge in [0.15, 0.2) is 11.6 Å². The molecule has 1 saturated carbocycles. The van der Waals surface area contributed by atoms with Crippen molar-refractivity contribution in [1.29, 1.82) is 0 Å². The summed E-state index contributed by atoms with van der Waals surface area (Å²) in [5, 5.41) is 18.3. The van der Waals surface area contributed by atoms with Crippen molar-refractivity contribution < 1.29 is 33.0 Å². The third kappa shape index (κ3) is 4.85. The van der Waals surface area contributed by atoms with E-state index in [1.807, 2.05) is 0 Å². The number of fused-ring (bicyclic) bond motifs is 1. The third-order valence-electron chi connectivity index (χ3n) is 6.21. The molecule has 0 unspecified atom stereocenters. The molecule has 3 N–H and O–H groups in total. The standard InChI is InChI=1S/C26H23F2N5O5/c1-15-21(37-11-10-34)13-33-22(15)23(29-14-30-33)38-20-7-6-18(12-19(20)28)32-25(36)26(8-9-26)24(35)31-17-4-2-16(27)3-5-17/h2-7,12-14,34H,8-11H2,1H3,(H,31,35)(H,32,36). The number of amides is 2. The molecule has 38 heavy (non-hydrogen) atoms. The van der Waals surface area contributed by atoms with Gasteiger partial charge < -0.3 is 25.2 Å². The van der Waals surface area contributed by atoms with Crippen LogP contribution in [0.25, 0.3) is 5.52 Å². The Labute approximate surface area is 215 Å². The van der Waals surface area contributed by atoms with Crippen molar-refractivity contribution in [3.8, 4) is 17.4 Å². The predicted molar refractivity (Wildman–Crippen MR) is 132 cm³/mol. The van der Waals surface area contributed by atoms with Gasteiger partial charge >= 0.3 is 0 Å². The molecule has 1 aliphatic carbocycles. The molecule has 0 bridgehead atoms. The van der Waals surface area contributed by atoms with Crippen LogP contribution >= 0.6 is 0 Å². The summed E-state index contributed by atoms with van der Waals surface area (Å²) in [5.74, 6) is -1.87. The average molecular weight is 523 g/mol. The van der Waals surface area contributed by atoms with Crippen molar-refractivity contribution in [2.75, 3.05) is 23.8 Å². The molecule has 2 aromatic heterocycles. The zero-order valence-corrected chi connectivity index (χ0v) is 20.2. The number of nitrogens with zero attached hydrogens (tertiary/aromatic N) is 3. The van der Waals surface area contributed by atoms with Gasteiger partial charge in [-0.05, 0) is 56.2 Å². The number of carbonyl (C=O) groups is 2. The molecule has 12 heteroatoms. The molecule has 5 rings (SSSR count). The first kappa shape index (κ1) is 25.1. The average Bonchev–Trinajstić information content (AvgIpc) is 3.65. The number of aromatic nitrogens is 3. The SMILES string of the molecule is Cc1c(OCCO)cn2ncnc(Oc3ccc(NC(=O)C4(C(=O)Nc5ccc(F)cc5)CC4)cc3F)c12. The van der Waals surface area contributed by atoms with Gasteiger partial charge in [-0.25, -0.2) is 13.3 Å². The number of aliphatic hydroxyl groups excluding tert-OH is 1. The van der Waals surface area contributed by atoms with Crippen molar-refractivity contribution in [2.45, 2.75) is 19.8 Å². The topological polar surface area (TPSA) is 127 Å². The molecule has 0 atom stereocenters. The Morgan fingerprint density at radius 3 is 2.39 bits per heavy atom. The monoisotopic (exact) mass is 523 g/mol. The lowest BCUT2D eigenvalue weighted by Gasteiger charge is -2.16. The number of nitrogens with one attached hydrogen (secondary N) is 2. The Bertz CT molecular complexity index is 1520. The van der Waals surface area contributed by atoms with E-state index in [0.29, 0.717) is 35.4 Å². The lowest BCUT2D eigenvalue weighted by molar-refractivity contribution is -0.131. The summed E-state index contributed by atoms with van der Waals surface area (Å²) in [6, 6.07) is 9.08. The Morgan fingerprint density at radius 2 is 1.74 bits per heavy atom. The number of hydrogen-bond acceptors (Lipinski definition) is 7. The quantitative estimate of drug-likeness (QED) is 0.285. The first-order valence-electron chi connectivity index (χ1n) is 11.7. The number of aliphatic hydroxyl groups is 1. The van der Waals surface area contributed by atoms with Gasteiger partial charge in [0, 0.05) is 23.0 Å². The second kappa shape index (κ2) is 10.1. The zero-order chi connectivity index (χ0) is 26.9. The molecule has 0 radical (unpaired) electrons. The van der Waals surface area contributed by atoms with E-state index < -0.39 is 28.9 Å². The van der Waals surface area contributed by atoms with E-state index in [4.69, 9.17) is 14.6 Å². The second-order valence-electron chi connectivity index (χ2n) is 8.79. The minimum Gasteiger partial charge on any atom is -0.489 e. The maximum Gasteiger partial charge on any atom is 0.247 e. The van der Waals surface area contributed by atoms with Gasteiger partial charge in [0.2, 0.25) is 17.7 Å². The van der Waals surface area contributed by atoms with Crippen LogP contribution in [0.1, 0.15) is 18.4 Å². The molecule has 1 fully saturated rings. The van der Waals surface area contributed by atoms with E-state index in [1.165, 1.54) is 47.2 Å². The third-order valence-corrected chi connectivity index (χ3v) is 6.21. The smallest absolute Gasteiger partial charge is 0.247 e. The molecule has 4 aromatic rings. The fourth-order valence-corrected chi connectivity index (χ4v) is 3.96. The number of benzene rings is 2. The fourth-order valence-electron chi connectivity index (χ4n) is 3.96. The maximum atomic E-state index is 15.0. The molecule has 1 aliphatic rings. The summed E-state index contributed by atoms with van der Waals surface area (Å²) in [6.07, 6.45) is 3.51. The highest BCUT2D eigenvalue weighted by molar-refractivity contribution is 6.16. The summed E-state index contributed by atoms with van der Waals surface area (Å²) in [4.78, 5) is 29.7. The summed E-state index contributed by atoms with van der Waals surface area (Å²) in [6.45, 7) is 1.69. The van der Waals surface area contributed by atoms with Crippen molar-refractivity contribution >= 4 is 28.7 Å². The Balaban J connectivity index is 1.29. The maximum absolute atomic E-state index is 15.0. The van der Waals surface area contributed by atoms with Crippen molar-refractivity contribution in [3.05, 3.63) is 72.2 Å².